The van der Waals surface area contributed by atoms with E-state index < -0.39 is 0 Å². The number of rotatable bonds is 9. The zero-order valence-corrected chi connectivity index (χ0v) is 16.3. The van der Waals surface area contributed by atoms with Crippen LogP contribution in [0.3, 0.4) is 0 Å². The normalized spacial score (nSPS) is 10.6. The fourth-order valence-electron chi connectivity index (χ4n) is 2.36. The molecule has 1 aromatic heterocycles. The maximum atomic E-state index is 12.1. The highest BCUT2D eigenvalue weighted by molar-refractivity contribution is 7.99. The van der Waals surface area contributed by atoms with E-state index in [-0.39, 0.29) is 35.6 Å². The van der Waals surface area contributed by atoms with Gasteiger partial charge in [-0.15, -0.1) is 0 Å². The van der Waals surface area contributed by atoms with E-state index in [0.717, 1.165) is 23.7 Å². The van der Waals surface area contributed by atoms with Crippen molar-refractivity contribution in [2.75, 3.05) is 12.3 Å². The van der Waals surface area contributed by atoms with Gasteiger partial charge in [-0.2, -0.15) is 0 Å². The third-order valence-corrected chi connectivity index (χ3v) is 4.36. The lowest BCUT2D eigenvalue weighted by atomic mass is 10.1. The molecule has 3 N–H and O–H groups in total. The smallest absolute Gasteiger partial charge is 0.251 e. The van der Waals surface area contributed by atoms with Crippen molar-refractivity contribution >= 4 is 23.6 Å². The Hall–Kier alpha value is -2.61. The van der Waals surface area contributed by atoms with Gasteiger partial charge in [-0.3, -0.25) is 14.4 Å². The lowest BCUT2D eigenvalue weighted by Gasteiger charge is -2.08. The Morgan fingerprint density at radius 3 is 2.63 bits per heavy atom. The second kappa shape index (κ2) is 10.5. The molecule has 8 heteroatoms. The van der Waals surface area contributed by atoms with Crippen LogP contribution in [0.5, 0.6) is 0 Å². The van der Waals surface area contributed by atoms with Crippen molar-refractivity contribution in [1.82, 2.24) is 20.6 Å². The molecule has 0 bridgehead atoms. The number of hydrogen-bond donors (Lipinski definition) is 3. The number of nitrogens with zero attached hydrogens (tertiary/aromatic N) is 1. The maximum Gasteiger partial charge on any atom is 0.251 e. The predicted octanol–water partition coefficient (Wildman–Crippen LogP) is 1.29. The van der Waals surface area contributed by atoms with E-state index >= 15 is 0 Å². The molecule has 2 aromatic rings. The molecule has 0 unspecified atom stereocenters. The number of H-pyrrole nitrogens is 1. The molecule has 0 radical (unpaired) electrons. The fraction of sp³-hybridized carbons (Fsp3) is 0.368. The molecule has 0 fully saturated rings. The first-order valence-corrected chi connectivity index (χ1v) is 9.74. The summed E-state index contributed by atoms with van der Waals surface area (Å²) >= 11 is 1.13. The number of benzene rings is 1. The number of amides is 2. The number of aromatic nitrogens is 2. The molecular weight excluding hydrogens is 364 g/mol. The van der Waals surface area contributed by atoms with Crippen molar-refractivity contribution in [3.8, 4) is 0 Å². The Kier molecular flexibility index (Phi) is 8.06. The molecular formula is C19H24N4O3S. The van der Waals surface area contributed by atoms with Gasteiger partial charge in [-0.1, -0.05) is 42.1 Å². The molecule has 2 rings (SSSR count). The molecule has 0 aliphatic heterocycles. The van der Waals surface area contributed by atoms with Crippen molar-refractivity contribution < 1.29 is 9.59 Å². The number of thioether (sulfide) groups is 1. The number of nitrogens with one attached hydrogen (secondary N) is 3. The van der Waals surface area contributed by atoms with Crippen molar-refractivity contribution in [1.29, 1.82) is 0 Å². The first kappa shape index (κ1) is 20.7. The van der Waals surface area contributed by atoms with E-state index in [4.69, 9.17) is 0 Å². The Balaban J connectivity index is 1.84. The summed E-state index contributed by atoms with van der Waals surface area (Å²) in [6.45, 7) is 4.27. The average Bonchev–Trinajstić information content (AvgIpc) is 2.60. The Bertz CT molecular complexity index is 821. The van der Waals surface area contributed by atoms with E-state index in [1.54, 1.807) is 0 Å². The van der Waals surface area contributed by atoms with Gasteiger partial charge in [0.2, 0.25) is 11.8 Å². The highest BCUT2D eigenvalue weighted by Gasteiger charge is 2.10. The van der Waals surface area contributed by atoms with Gasteiger partial charge in [0.1, 0.15) is 0 Å². The molecule has 144 valence electrons. The largest absolute Gasteiger partial charge is 0.355 e. The Morgan fingerprint density at radius 2 is 1.93 bits per heavy atom. The van der Waals surface area contributed by atoms with Crippen LogP contribution in [0.15, 0.2) is 46.3 Å². The van der Waals surface area contributed by atoms with Crippen LogP contribution >= 0.6 is 11.8 Å². The minimum absolute atomic E-state index is 0.0183. The standard InChI is InChI=1S/C19H24N4O3S/c1-13(2)21-18(26)12-27-19-22-15(11-17(25)23-19)10-16(24)20-9-8-14-6-4-3-5-7-14/h3-7,11,13H,8-10,12H2,1-2H3,(H,20,24)(H,21,26)(H,22,23,25). The second-order valence-electron chi connectivity index (χ2n) is 6.32. The van der Waals surface area contributed by atoms with Gasteiger partial charge in [0, 0.05) is 18.7 Å². The number of carbonyl (C=O) groups is 2. The van der Waals surface area contributed by atoms with E-state index in [1.807, 2.05) is 44.2 Å². The quantitative estimate of drug-likeness (QED) is 0.444. The average molecular weight is 388 g/mol. The maximum absolute atomic E-state index is 12.1. The van der Waals surface area contributed by atoms with E-state index in [0.29, 0.717) is 17.4 Å². The SMILES string of the molecule is CC(C)NC(=O)CSc1nc(CC(=O)NCCc2ccccc2)cc(=O)[nH]1. The Labute approximate surface area is 162 Å². The van der Waals surface area contributed by atoms with Crippen LogP contribution in [0.4, 0.5) is 0 Å². The molecule has 2 amide bonds. The summed E-state index contributed by atoms with van der Waals surface area (Å²) in [6, 6.07) is 11.2. The van der Waals surface area contributed by atoms with E-state index in [2.05, 4.69) is 20.6 Å². The van der Waals surface area contributed by atoms with E-state index in [9.17, 15) is 14.4 Å². The zero-order valence-electron chi connectivity index (χ0n) is 15.5. The molecule has 1 heterocycles. The van der Waals surface area contributed by atoms with Crippen LogP contribution in [0.2, 0.25) is 0 Å². The minimum Gasteiger partial charge on any atom is -0.355 e. The van der Waals surface area contributed by atoms with Gasteiger partial charge in [0.25, 0.3) is 5.56 Å². The van der Waals surface area contributed by atoms with E-state index in [1.165, 1.54) is 6.07 Å². The minimum atomic E-state index is -0.344. The van der Waals surface area contributed by atoms with Crippen LogP contribution in [-0.4, -0.2) is 40.1 Å². The Morgan fingerprint density at radius 1 is 1.19 bits per heavy atom. The summed E-state index contributed by atoms with van der Waals surface area (Å²) < 4.78 is 0. The van der Waals surface area contributed by atoms with Crippen LogP contribution in [-0.2, 0) is 22.4 Å². The third-order valence-electron chi connectivity index (χ3n) is 3.48. The second-order valence-corrected chi connectivity index (χ2v) is 7.28. The van der Waals surface area contributed by atoms with Crippen LogP contribution in [0, 0.1) is 0 Å². The van der Waals surface area contributed by atoms with Gasteiger partial charge in [0.05, 0.1) is 17.9 Å². The van der Waals surface area contributed by atoms with Crippen LogP contribution in [0.1, 0.15) is 25.1 Å². The topological polar surface area (TPSA) is 104 Å². The van der Waals surface area contributed by atoms with Crippen molar-refractivity contribution in [3.63, 3.8) is 0 Å². The van der Waals surface area contributed by atoms with Gasteiger partial charge in [0.15, 0.2) is 5.16 Å². The molecule has 0 saturated heterocycles. The summed E-state index contributed by atoms with van der Waals surface area (Å²) in [7, 11) is 0. The van der Waals surface area contributed by atoms with Crippen LogP contribution < -0.4 is 16.2 Å². The lowest BCUT2D eigenvalue weighted by Crippen LogP contribution is -2.31. The zero-order chi connectivity index (χ0) is 19.6. The molecule has 0 saturated carbocycles. The lowest BCUT2D eigenvalue weighted by molar-refractivity contribution is -0.120. The summed E-state index contributed by atoms with van der Waals surface area (Å²) in [6.07, 6.45) is 0.756. The number of carbonyl (C=O) groups excluding carboxylic acids is 2. The highest BCUT2D eigenvalue weighted by Crippen LogP contribution is 2.11. The van der Waals surface area contributed by atoms with Gasteiger partial charge in [-0.25, -0.2) is 4.98 Å². The summed E-state index contributed by atoms with van der Waals surface area (Å²) in [5, 5.41) is 5.92. The number of aromatic amines is 1. The summed E-state index contributed by atoms with van der Waals surface area (Å²) in [5.74, 6) is -0.187. The number of hydrogen-bond acceptors (Lipinski definition) is 5. The van der Waals surface area contributed by atoms with Gasteiger partial charge in [-0.05, 0) is 25.8 Å². The van der Waals surface area contributed by atoms with Gasteiger partial charge < -0.3 is 15.6 Å². The molecule has 7 nitrogen and oxygen atoms in total. The third kappa shape index (κ3) is 8.08. The highest BCUT2D eigenvalue weighted by atomic mass is 32.2. The van der Waals surface area contributed by atoms with Crippen molar-refractivity contribution in [2.45, 2.75) is 37.9 Å². The first-order chi connectivity index (χ1) is 12.9. The monoisotopic (exact) mass is 388 g/mol. The fourth-order valence-corrected chi connectivity index (χ4v) is 3.06. The first-order valence-electron chi connectivity index (χ1n) is 8.75. The summed E-state index contributed by atoms with van der Waals surface area (Å²) in [5.41, 5.74) is 1.18. The molecule has 0 spiro atoms. The van der Waals surface area contributed by atoms with Gasteiger partial charge >= 0.3 is 0 Å². The molecule has 0 aliphatic rings. The summed E-state index contributed by atoms with van der Waals surface area (Å²) in [4.78, 5) is 42.4. The molecule has 1 aromatic carbocycles. The van der Waals surface area contributed by atoms with Crippen LogP contribution in [0.25, 0.3) is 0 Å². The molecule has 27 heavy (non-hydrogen) atoms. The predicted molar refractivity (Wildman–Crippen MR) is 106 cm³/mol. The van der Waals surface area contributed by atoms with Crippen molar-refractivity contribution in [3.05, 3.63) is 58.0 Å². The molecule has 0 atom stereocenters. The van der Waals surface area contributed by atoms with Crippen molar-refractivity contribution in [2.24, 2.45) is 0 Å². The molecule has 0 aliphatic carbocycles.